The van der Waals surface area contributed by atoms with Gasteiger partial charge in [-0.05, 0) is 37.1 Å². The Hall–Kier alpha value is -2.37. The van der Waals surface area contributed by atoms with Crippen LogP contribution in [0, 0.1) is 13.8 Å². The lowest BCUT2D eigenvalue weighted by Gasteiger charge is -2.33. The fourth-order valence-electron chi connectivity index (χ4n) is 2.75. The number of amides is 1. The van der Waals surface area contributed by atoms with Crippen molar-refractivity contribution >= 4 is 11.9 Å². The van der Waals surface area contributed by atoms with E-state index in [2.05, 4.69) is 17.1 Å². The minimum Gasteiger partial charge on any atom is -0.408 e. The van der Waals surface area contributed by atoms with Gasteiger partial charge in [0.25, 0.3) is 5.91 Å². The molecule has 2 heterocycles. The van der Waals surface area contributed by atoms with E-state index < -0.39 is 0 Å². The lowest BCUT2D eigenvalue weighted by Crippen LogP contribution is -2.49. The Morgan fingerprint density at radius 3 is 2.38 bits per heavy atom. The highest BCUT2D eigenvalue weighted by Gasteiger charge is 2.25. The second kappa shape index (κ2) is 6.63. The van der Waals surface area contributed by atoms with Gasteiger partial charge in [0.2, 0.25) is 5.89 Å². The van der Waals surface area contributed by atoms with Gasteiger partial charge in [-0.2, -0.15) is 0 Å². The van der Waals surface area contributed by atoms with Crippen molar-refractivity contribution in [1.82, 2.24) is 15.1 Å². The van der Waals surface area contributed by atoms with Crippen LogP contribution in [0.5, 0.6) is 0 Å². The molecule has 0 bridgehead atoms. The van der Waals surface area contributed by atoms with Gasteiger partial charge >= 0.3 is 6.01 Å². The maximum Gasteiger partial charge on any atom is 0.318 e. The van der Waals surface area contributed by atoms with Crippen LogP contribution in [0.1, 0.15) is 47.1 Å². The van der Waals surface area contributed by atoms with Crippen LogP contribution >= 0.6 is 0 Å². The Balaban J connectivity index is 1.63. The summed E-state index contributed by atoms with van der Waals surface area (Å²) in [6, 6.07) is 6.43. The third-order valence-electron chi connectivity index (χ3n) is 4.52. The molecule has 3 rings (SSSR count). The maximum atomic E-state index is 12.7. The summed E-state index contributed by atoms with van der Waals surface area (Å²) in [6.07, 6.45) is 0. The second-order valence-corrected chi connectivity index (χ2v) is 6.66. The molecule has 0 atom stereocenters. The lowest BCUT2D eigenvalue weighted by molar-refractivity contribution is 0.0745. The molecule has 24 heavy (non-hydrogen) atoms. The van der Waals surface area contributed by atoms with Crippen molar-refractivity contribution in [3.63, 3.8) is 0 Å². The van der Waals surface area contributed by atoms with Crippen molar-refractivity contribution in [3.8, 4) is 0 Å². The Morgan fingerprint density at radius 2 is 1.79 bits per heavy atom. The molecule has 2 aromatic rings. The predicted octanol–water partition coefficient (Wildman–Crippen LogP) is 2.77. The Morgan fingerprint density at radius 1 is 1.08 bits per heavy atom. The molecule has 0 radical (unpaired) electrons. The fourth-order valence-corrected chi connectivity index (χ4v) is 2.75. The van der Waals surface area contributed by atoms with Gasteiger partial charge in [-0.3, -0.25) is 4.79 Å². The maximum absolute atomic E-state index is 12.7. The Kier molecular flexibility index (Phi) is 4.55. The van der Waals surface area contributed by atoms with E-state index in [1.165, 1.54) is 5.56 Å². The summed E-state index contributed by atoms with van der Waals surface area (Å²) < 4.78 is 5.69. The van der Waals surface area contributed by atoms with Gasteiger partial charge in [-0.15, -0.1) is 5.10 Å². The minimum atomic E-state index is 0.0890. The molecular weight excluding hydrogens is 304 g/mol. The zero-order valence-electron chi connectivity index (χ0n) is 14.7. The first-order valence-corrected chi connectivity index (χ1v) is 8.40. The van der Waals surface area contributed by atoms with Crippen molar-refractivity contribution in [2.75, 3.05) is 31.1 Å². The standard InChI is InChI=1S/C18H24N4O2/c1-12(2)16-19-20-18(24-16)22-9-7-21(8-10-22)17(23)15-6-5-13(3)14(4)11-15/h5-6,11-12H,7-10H2,1-4H3. The van der Waals surface area contributed by atoms with Gasteiger partial charge in [0.05, 0.1) is 0 Å². The molecule has 128 valence electrons. The molecule has 0 saturated carbocycles. The average Bonchev–Trinajstić information content (AvgIpc) is 3.07. The Bertz CT molecular complexity index is 730. The highest BCUT2D eigenvalue weighted by Crippen LogP contribution is 2.20. The molecule has 0 unspecified atom stereocenters. The number of nitrogens with zero attached hydrogens (tertiary/aromatic N) is 4. The number of hydrogen-bond donors (Lipinski definition) is 0. The van der Waals surface area contributed by atoms with Gasteiger partial charge in [-0.25, -0.2) is 0 Å². The summed E-state index contributed by atoms with van der Waals surface area (Å²) in [5, 5.41) is 8.19. The van der Waals surface area contributed by atoms with Gasteiger partial charge in [-0.1, -0.05) is 25.0 Å². The van der Waals surface area contributed by atoms with Crippen molar-refractivity contribution in [1.29, 1.82) is 0 Å². The predicted molar refractivity (Wildman–Crippen MR) is 92.4 cm³/mol. The molecular formula is C18H24N4O2. The quantitative estimate of drug-likeness (QED) is 0.867. The highest BCUT2D eigenvalue weighted by molar-refractivity contribution is 5.94. The van der Waals surface area contributed by atoms with E-state index in [0.29, 0.717) is 38.1 Å². The molecule has 1 aromatic carbocycles. The van der Waals surface area contributed by atoms with Crippen LogP contribution in [0.15, 0.2) is 22.6 Å². The van der Waals surface area contributed by atoms with Crippen LogP contribution < -0.4 is 4.90 Å². The van der Waals surface area contributed by atoms with E-state index >= 15 is 0 Å². The zero-order chi connectivity index (χ0) is 17.3. The van der Waals surface area contributed by atoms with Crippen molar-refractivity contribution in [2.24, 2.45) is 0 Å². The van der Waals surface area contributed by atoms with Gasteiger partial charge in [0.1, 0.15) is 0 Å². The number of carbonyl (C=O) groups excluding carboxylic acids is 1. The molecule has 0 N–H and O–H groups in total. The van der Waals surface area contributed by atoms with Crippen molar-refractivity contribution < 1.29 is 9.21 Å². The molecule has 1 fully saturated rings. The second-order valence-electron chi connectivity index (χ2n) is 6.66. The summed E-state index contributed by atoms with van der Waals surface area (Å²) >= 11 is 0. The molecule has 1 saturated heterocycles. The van der Waals surface area contributed by atoms with Gasteiger partial charge in [0.15, 0.2) is 0 Å². The molecule has 0 aliphatic carbocycles. The number of anilines is 1. The molecule has 1 aliphatic rings. The number of rotatable bonds is 3. The fraction of sp³-hybridized carbons (Fsp3) is 0.500. The minimum absolute atomic E-state index is 0.0890. The number of piperazine rings is 1. The van der Waals surface area contributed by atoms with E-state index in [9.17, 15) is 4.79 Å². The Labute approximate surface area is 142 Å². The SMILES string of the molecule is Cc1ccc(C(=O)N2CCN(c3nnc(C(C)C)o3)CC2)cc1C. The summed E-state index contributed by atoms with van der Waals surface area (Å²) in [6.45, 7) is 10.9. The smallest absolute Gasteiger partial charge is 0.318 e. The number of aromatic nitrogens is 2. The van der Waals surface area contributed by atoms with E-state index in [-0.39, 0.29) is 11.8 Å². The zero-order valence-corrected chi connectivity index (χ0v) is 14.7. The van der Waals surface area contributed by atoms with E-state index in [1.54, 1.807) is 0 Å². The number of benzene rings is 1. The summed E-state index contributed by atoms with van der Waals surface area (Å²) in [4.78, 5) is 16.6. The molecule has 6 nitrogen and oxygen atoms in total. The largest absolute Gasteiger partial charge is 0.408 e. The number of aryl methyl sites for hydroxylation is 2. The first-order chi connectivity index (χ1) is 11.5. The monoisotopic (exact) mass is 328 g/mol. The van der Waals surface area contributed by atoms with E-state index in [0.717, 1.165) is 11.1 Å². The van der Waals surface area contributed by atoms with Crippen molar-refractivity contribution in [2.45, 2.75) is 33.6 Å². The third kappa shape index (κ3) is 3.27. The van der Waals surface area contributed by atoms with Crippen LogP contribution in [0.3, 0.4) is 0 Å². The van der Waals surface area contributed by atoms with E-state index in [1.807, 2.05) is 48.8 Å². The van der Waals surface area contributed by atoms with Gasteiger partial charge < -0.3 is 14.2 Å². The number of carbonyl (C=O) groups is 1. The van der Waals surface area contributed by atoms with Crippen molar-refractivity contribution in [3.05, 3.63) is 40.8 Å². The summed E-state index contributed by atoms with van der Waals surface area (Å²) in [7, 11) is 0. The normalized spacial score (nSPS) is 15.2. The molecule has 0 spiro atoms. The lowest BCUT2D eigenvalue weighted by atomic mass is 10.1. The third-order valence-corrected chi connectivity index (χ3v) is 4.52. The first kappa shape index (κ1) is 16.5. The van der Waals surface area contributed by atoms with Crippen LogP contribution in [0.4, 0.5) is 6.01 Å². The van der Waals surface area contributed by atoms with Crippen LogP contribution in [-0.4, -0.2) is 47.2 Å². The molecule has 6 heteroatoms. The highest BCUT2D eigenvalue weighted by atomic mass is 16.4. The van der Waals surface area contributed by atoms with Crippen LogP contribution in [0.2, 0.25) is 0 Å². The van der Waals surface area contributed by atoms with Crippen LogP contribution in [0.25, 0.3) is 0 Å². The number of hydrogen-bond acceptors (Lipinski definition) is 5. The van der Waals surface area contributed by atoms with Gasteiger partial charge in [0, 0.05) is 37.7 Å². The summed E-state index contributed by atoms with van der Waals surface area (Å²) in [5.74, 6) is 0.962. The van der Waals surface area contributed by atoms with E-state index in [4.69, 9.17) is 4.42 Å². The average molecular weight is 328 g/mol. The van der Waals surface area contributed by atoms with Crippen LogP contribution in [-0.2, 0) is 0 Å². The molecule has 1 aliphatic heterocycles. The summed E-state index contributed by atoms with van der Waals surface area (Å²) in [5.41, 5.74) is 3.10. The first-order valence-electron chi connectivity index (χ1n) is 8.40. The molecule has 1 aromatic heterocycles. The molecule has 1 amide bonds. The topological polar surface area (TPSA) is 62.5 Å².